The van der Waals surface area contributed by atoms with Crippen molar-refractivity contribution in [3.63, 3.8) is 0 Å². The van der Waals surface area contributed by atoms with E-state index in [1.54, 1.807) is 0 Å². The Morgan fingerprint density at radius 1 is 0.382 bits per heavy atom. The first-order valence-electron chi connectivity index (χ1n) is 18.5. The standard InChI is InChI=1S/C51H32N2O2/c1-3-12-33(13-4-1)35-24-26-39(27-25-35)53(45-29-28-40(41-18-9-10-19-42(41)45)38-23-22-34-14-7-8-17-37(34)30-38)46-20-11-21-47-50(46)43-31-49-44(32-48(43)54-47)52-51(55-49)36-15-5-2-6-16-36/h1-32H. The third kappa shape index (κ3) is 5.26. The molecule has 0 aliphatic carbocycles. The molecule has 11 rings (SSSR count). The second-order valence-corrected chi connectivity index (χ2v) is 13.9. The van der Waals surface area contributed by atoms with E-state index in [2.05, 4.69) is 157 Å². The van der Waals surface area contributed by atoms with Gasteiger partial charge in [-0.2, -0.15) is 0 Å². The molecule has 2 heterocycles. The molecule has 0 amide bonds. The Bertz CT molecular complexity index is 3200. The van der Waals surface area contributed by atoms with Gasteiger partial charge in [-0.1, -0.05) is 133 Å². The molecule has 11 aromatic rings. The number of benzene rings is 9. The predicted octanol–water partition coefficient (Wildman–Crippen LogP) is 14.5. The van der Waals surface area contributed by atoms with Crippen LogP contribution in [0.25, 0.3) is 88.3 Å². The second kappa shape index (κ2) is 12.6. The zero-order valence-electron chi connectivity index (χ0n) is 29.7. The lowest BCUT2D eigenvalue weighted by atomic mass is 9.94. The normalized spacial score (nSPS) is 11.6. The fourth-order valence-electron chi connectivity index (χ4n) is 8.05. The van der Waals surface area contributed by atoms with Gasteiger partial charge in [-0.15, -0.1) is 0 Å². The highest BCUT2D eigenvalue weighted by atomic mass is 16.4. The van der Waals surface area contributed by atoms with Gasteiger partial charge < -0.3 is 13.7 Å². The van der Waals surface area contributed by atoms with Crippen LogP contribution in [-0.2, 0) is 0 Å². The van der Waals surface area contributed by atoms with E-state index in [0.717, 1.165) is 61.0 Å². The first kappa shape index (κ1) is 31.1. The number of oxazole rings is 1. The van der Waals surface area contributed by atoms with Gasteiger partial charge in [0.2, 0.25) is 5.89 Å². The van der Waals surface area contributed by atoms with Crippen LogP contribution < -0.4 is 4.90 Å². The van der Waals surface area contributed by atoms with Gasteiger partial charge in [0.05, 0.1) is 16.8 Å². The van der Waals surface area contributed by atoms with Crippen LogP contribution >= 0.6 is 0 Å². The van der Waals surface area contributed by atoms with E-state index < -0.39 is 0 Å². The number of fused-ring (bicyclic) bond motifs is 6. The number of anilines is 3. The summed E-state index contributed by atoms with van der Waals surface area (Å²) in [7, 11) is 0. The summed E-state index contributed by atoms with van der Waals surface area (Å²) < 4.78 is 13.0. The van der Waals surface area contributed by atoms with Crippen LogP contribution in [0.2, 0.25) is 0 Å². The van der Waals surface area contributed by atoms with Crippen LogP contribution in [0.5, 0.6) is 0 Å². The van der Waals surface area contributed by atoms with Crippen LogP contribution in [0.15, 0.2) is 203 Å². The lowest BCUT2D eigenvalue weighted by molar-refractivity contribution is 0.620. The molecule has 4 heteroatoms. The topological polar surface area (TPSA) is 42.4 Å². The summed E-state index contributed by atoms with van der Waals surface area (Å²) in [6.07, 6.45) is 0. The molecule has 0 saturated heterocycles. The average Bonchev–Trinajstić information content (AvgIpc) is 3.84. The molecular formula is C51H32N2O2. The van der Waals surface area contributed by atoms with Gasteiger partial charge in [-0.05, 0) is 93.0 Å². The zero-order valence-corrected chi connectivity index (χ0v) is 29.7. The molecule has 0 radical (unpaired) electrons. The van der Waals surface area contributed by atoms with Crippen LogP contribution in [0, 0.1) is 0 Å². The van der Waals surface area contributed by atoms with Crippen molar-refractivity contribution in [3.05, 3.63) is 194 Å². The van der Waals surface area contributed by atoms with E-state index in [1.807, 2.05) is 42.5 Å². The number of aromatic nitrogens is 1. The fraction of sp³-hybridized carbons (Fsp3) is 0. The molecule has 9 aromatic carbocycles. The van der Waals surface area contributed by atoms with Crippen molar-refractivity contribution in [1.29, 1.82) is 0 Å². The largest absolute Gasteiger partial charge is 0.456 e. The molecule has 0 atom stereocenters. The Balaban J connectivity index is 1.14. The molecule has 4 nitrogen and oxygen atoms in total. The maximum absolute atomic E-state index is 6.61. The number of rotatable bonds is 6. The summed E-state index contributed by atoms with van der Waals surface area (Å²) in [5.74, 6) is 0.589. The predicted molar refractivity (Wildman–Crippen MR) is 227 cm³/mol. The van der Waals surface area contributed by atoms with E-state index >= 15 is 0 Å². The quantitative estimate of drug-likeness (QED) is 0.173. The Morgan fingerprint density at radius 3 is 1.89 bits per heavy atom. The van der Waals surface area contributed by atoms with E-state index in [0.29, 0.717) is 11.5 Å². The third-order valence-electron chi connectivity index (χ3n) is 10.7. The van der Waals surface area contributed by atoms with Crippen molar-refractivity contribution >= 4 is 71.6 Å². The van der Waals surface area contributed by atoms with E-state index in [9.17, 15) is 0 Å². The van der Waals surface area contributed by atoms with Crippen LogP contribution in [0.4, 0.5) is 17.1 Å². The van der Waals surface area contributed by atoms with E-state index in [4.69, 9.17) is 13.8 Å². The average molecular weight is 705 g/mol. The highest BCUT2D eigenvalue weighted by molar-refractivity contribution is 6.17. The van der Waals surface area contributed by atoms with Gasteiger partial charge in [-0.3, -0.25) is 0 Å². The lowest BCUT2D eigenvalue weighted by Gasteiger charge is -2.28. The molecule has 2 aromatic heterocycles. The molecule has 0 aliphatic rings. The number of nitrogens with zero attached hydrogens (tertiary/aromatic N) is 2. The smallest absolute Gasteiger partial charge is 0.227 e. The maximum atomic E-state index is 6.61. The minimum atomic E-state index is 0.589. The van der Waals surface area contributed by atoms with Gasteiger partial charge in [0.1, 0.15) is 16.7 Å². The van der Waals surface area contributed by atoms with Crippen molar-refractivity contribution in [3.8, 4) is 33.7 Å². The summed E-state index contributed by atoms with van der Waals surface area (Å²) in [5, 5.41) is 6.77. The summed E-state index contributed by atoms with van der Waals surface area (Å²) in [5.41, 5.74) is 11.8. The molecule has 0 bridgehead atoms. The second-order valence-electron chi connectivity index (χ2n) is 13.9. The van der Waals surface area contributed by atoms with E-state index in [1.165, 1.54) is 32.8 Å². The number of hydrogen-bond acceptors (Lipinski definition) is 4. The lowest BCUT2D eigenvalue weighted by Crippen LogP contribution is -2.11. The third-order valence-corrected chi connectivity index (χ3v) is 10.7. The van der Waals surface area contributed by atoms with Crippen molar-refractivity contribution in [2.24, 2.45) is 0 Å². The summed E-state index contributed by atoms with van der Waals surface area (Å²) in [6, 6.07) is 68.3. The minimum absolute atomic E-state index is 0.589. The van der Waals surface area contributed by atoms with Gasteiger partial charge in [-0.25, -0.2) is 4.98 Å². The first-order valence-corrected chi connectivity index (χ1v) is 18.5. The van der Waals surface area contributed by atoms with Gasteiger partial charge in [0.15, 0.2) is 5.58 Å². The molecule has 0 unspecified atom stereocenters. The van der Waals surface area contributed by atoms with Gasteiger partial charge >= 0.3 is 0 Å². The van der Waals surface area contributed by atoms with Crippen molar-refractivity contribution < 1.29 is 8.83 Å². The summed E-state index contributed by atoms with van der Waals surface area (Å²) in [6.45, 7) is 0. The van der Waals surface area contributed by atoms with Crippen molar-refractivity contribution in [2.75, 3.05) is 4.90 Å². The Morgan fingerprint density at radius 2 is 1.07 bits per heavy atom. The van der Waals surface area contributed by atoms with Gasteiger partial charge in [0, 0.05) is 28.1 Å². The molecule has 0 N–H and O–H groups in total. The Hall–Kier alpha value is -7.43. The maximum Gasteiger partial charge on any atom is 0.227 e. The van der Waals surface area contributed by atoms with Crippen molar-refractivity contribution in [2.45, 2.75) is 0 Å². The van der Waals surface area contributed by atoms with Gasteiger partial charge in [0.25, 0.3) is 0 Å². The van der Waals surface area contributed by atoms with Crippen LogP contribution in [0.3, 0.4) is 0 Å². The number of hydrogen-bond donors (Lipinski definition) is 0. The molecular weight excluding hydrogens is 673 g/mol. The van der Waals surface area contributed by atoms with E-state index in [-0.39, 0.29) is 0 Å². The zero-order chi connectivity index (χ0) is 36.3. The van der Waals surface area contributed by atoms with Crippen LogP contribution in [0.1, 0.15) is 0 Å². The SMILES string of the molecule is c1ccc(-c2ccc(N(c3ccc(-c4ccc5ccccc5c4)c4ccccc34)c3cccc4oc5cc6nc(-c7ccccc7)oc6cc5c34)cc2)cc1. The molecule has 0 saturated carbocycles. The van der Waals surface area contributed by atoms with Crippen LogP contribution in [-0.4, -0.2) is 4.98 Å². The first-order chi connectivity index (χ1) is 27.2. The Labute approximate surface area is 317 Å². The summed E-state index contributed by atoms with van der Waals surface area (Å²) >= 11 is 0. The minimum Gasteiger partial charge on any atom is -0.456 e. The molecule has 0 spiro atoms. The number of furan rings is 1. The molecule has 0 aliphatic heterocycles. The Kier molecular flexibility index (Phi) is 7.14. The summed E-state index contributed by atoms with van der Waals surface area (Å²) in [4.78, 5) is 7.21. The van der Waals surface area contributed by atoms with Crippen molar-refractivity contribution in [1.82, 2.24) is 4.98 Å². The fourth-order valence-corrected chi connectivity index (χ4v) is 8.05. The molecule has 258 valence electrons. The highest BCUT2D eigenvalue weighted by Crippen LogP contribution is 2.47. The molecule has 55 heavy (non-hydrogen) atoms. The highest BCUT2D eigenvalue weighted by Gasteiger charge is 2.23. The molecule has 0 fully saturated rings. The monoisotopic (exact) mass is 704 g/mol.